The Bertz CT molecular complexity index is 123. The molecule has 1 aliphatic rings. The zero-order valence-electron chi connectivity index (χ0n) is 9.19. The van der Waals surface area contributed by atoms with Gasteiger partial charge in [-0.05, 0) is 36.5 Å². The molecule has 0 aromatic heterocycles. The Labute approximate surface area is 77.7 Å². The molecule has 0 spiro atoms. The quantitative estimate of drug-likeness (QED) is 0.588. The van der Waals surface area contributed by atoms with Crippen LogP contribution in [0, 0.1) is 17.3 Å². The van der Waals surface area contributed by atoms with E-state index in [2.05, 4.69) is 27.7 Å². The lowest BCUT2D eigenvalue weighted by Crippen LogP contribution is -2.36. The van der Waals surface area contributed by atoms with Gasteiger partial charge in [-0.2, -0.15) is 0 Å². The Morgan fingerprint density at radius 2 is 1.67 bits per heavy atom. The predicted octanol–water partition coefficient (Wildman–Crippen LogP) is 4.25. The second-order valence-corrected chi connectivity index (χ2v) is 5.11. The van der Waals surface area contributed by atoms with E-state index in [0.717, 1.165) is 17.3 Å². The summed E-state index contributed by atoms with van der Waals surface area (Å²) in [6, 6.07) is 0. The highest BCUT2D eigenvalue weighted by atomic mass is 14.5. The SMILES string of the molecule is CCC1(CC)CC(CC(C)C)C1. The summed E-state index contributed by atoms with van der Waals surface area (Å²) >= 11 is 0. The molecule has 1 aliphatic carbocycles. The molecule has 0 aromatic carbocycles. The van der Waals surface area contributed by atoms with Crippen LogP contribution >= 0.6 is 0 Å². The standard InChI is InChI=1S/C12H24/c1-5-12(6-2)8-11(9-12)7-10(3)4/h10-11H,5-9H2,1-4H3. The summed E-state index contributed by atoms with van der Waals surface area (Å²) in [5.74, 6) is 1.96. The minimum absolute atomic E-state index is 0.763. The normalized spacial score (nSPS) is 22.8. The summed E-state index contributed by atoms with van der Waals surface area (Å²) in [6.45, 7) is 9.40. The van der Waals surface area contributed by atoms with Crippen LogP contribution in [0.25, 0.3) is 0 Å². The van der Waals surface area contributed by atoms with Gasteiger partial charge >= 0.3 is 0 Å². The first kappa shape index (κ1) is 10.1. The number of hydrogen-bond acceptors (Lipinski definition) is 0. The number of rotatable bonds is 4. The van der Waals surface area contributed by atoms with Gasteiger partial charge in [-0.1, -0.05) is 40.5 Å². The van der Waals surface area contributed by atoms with E-state index >= 15 is 0 Å². The van der Waals surface area contributed by atoms with Crippen molar-refractivity contribution < 1.29 is 0 Å². The highest BCUT2D eigenvalue weighted by Crippen LogP contribution is 2.52. The predicted molar refractivity (Wildman–Crippen MR) is 55.2 cm³/mol. The molecule has 0 atom stereocenters. The molecular weight excluding hydrogens is 144 g/mol. The van der Waals surface area contributed by atoms with E-state index in [9.17, 15) is 0 Å². The third kappa shape index (κ3) is 2.02. The maximum atomic E-state index is 2.36. The van der Waals surface area contributed by atoms with Crippen molar-refractivity contribution in [2.75, 3.05) is 0 Å². The van der Waals surface area contributed by atoms with Crippen LogP contribution in [0.3, 0.4) is 0 Å². The highest BCUT2D eigenvalue weighted by molar-refractivity contribution is 4.91. The molecule has 1 fully saturated rings. The Balaban J connectivity index is 2.25. The van der Waals surface area contributed by atoms with Crippen molar-refractivity contribution in [2.24, 2.45) is 17.3 Å². The maximum Gasteiger partial charge on any atom is -0.0297 e. The Hall–Kier alpha value is 0. The first-order chi connectivity index (χ1) is 5.62. The van der Waals surface area contributed by atoms with Crippen LogP contribution in [-0.4, -0.2) is 0 Å². The van der Waals surface area contributed by atoms with Crippen molar-refractivity contribution in [2.45, 2.75) is 59.8 Å². The fourth-order valence-electron chi connectivity index (χ4n) is 2.83. The van der Waals surface area contributed by atoms with Gasteiger partial charge in [0.25, 0.3) is 0 Å². The van der Waals surface area contributed by atoms with Gasteiger partial charge in [-0.25, -0.2) is 0 Å². The molecule has 0 bridgehead atoms. The lowest BCUT2D eigenvalue weighted by Gasteiger charge is -2.48. The van der Waals surface area contributed by atoms with E-state index in [4.69, 9.17) is 0 Å². The van der Waals surface area contributed by atoms with Crippen LogP contribution in [0.4, 0.5) is 0 Å². The van der Waals surface area contributed by atoms with Gasteiger partial charge in [-0.3, -0.25) is 0 Å². The minimum Gasteiger partial charge on any atom is -0.0649 e. The van der Waals surface area contributed by atoms with Crippen molar-refractivity contribution in [3.63, 3.8) is 0 Å². The van der Waals surface area contributed by atoms with E-state index in [0.29, 0.717) is 0 Å². The molecule has 0 saturated heterocycles. The van der Waals surface area contributed by atoms with Gasteiger partial charge in [-0.15, -0.1) is 0 Å². The molecule has 0 unspecified atom stereocenters. The number of hydrogen-bond donors (Lipinski definition) is 0. The smallest absolute Gasteiger partial charge is 0.0297 e. The molecule has 0 amide bonds. The van der Waals surface area contributed by atoms with Gasteiger partial charge < -0.3 is 0 Å². The molecule has 1 rings (SSSR count). The zero-order chi connectivity index (χ0) is 9.19. The molecule has 72 valence electrons. The van der Waals surface area contributed by atoms with Crippen LogP contribution < -0.4 is 0 Å². The molecule has 0 heteroatoms. The third-order valence-electron chi connectivity index (χ3n) is 3.75. The van der Waals surface area contributed by atoms with Gasteiger partial charge in [0, 0.05) is 0 Å². The van der Waals surface area contributed by atoms with Crippen molar-refractivity contribution in [3.05, 3.63) is 0 Å². The maximum absolute atomic E-state index is 2.36. The summed E-state index contributed by atoms with van der Waals surface area (Å²) in [5.41, 5.74) is 0.763. The van der Waals surface area contributed by atoms with Gasteiger partial charge in [0.2, 0.25) is 0 Å². The molecule has 12 heavy (non-hydrogen) atoms. The Morgan fingerprint density at radius 3 is 2.00 bits per heavy atom. The largest absolute Gasteiger partial charge is 0.0649 e. The second kappa shape index (κ2) is 3.81. The van der Waals surface area contributed by atoms with Crippen molar-refractivity contribution in [3.8, 4) is 0 Å². The Kier molecular flexibility index (Phi) is 3.20. The molecule has 0 nitrogen and oxygen atoms in total. The lowest BCUT2D eigenvalue weighted by atomic mass is 9.57. The van der Waals surface area contributed by atoms with Crippen molar-refractivity contribution in [1.82, 2.24) is 0 Å². The van der Waals surface area contributed by atoms with Crippen LogP contribution in [0.2, 0.25) is 0 Å². The van der Waals surface area contributed by atoms with Gasteiger partial charge in [0.05, 0.1) is 0 Å². The topological polar surface area (TPSA) is 0 Å². The molecule has 0 aromatic rings. The second-order valence-electron chi connectivity index (χ2n) is 5.11. The van der Waals surface area contributed by atoms with E-state index in [1.54, 1.807) is 0 Å². The Morgan fingerprint density at radius 1 is 1.17 bits per heavy atom. The van der Waals surface area contributed by atoms with E-state index in [-0.39, 0.29) is 0 Å². The molecule has 0 heterocycles. The fraction of sp³-hybridized carbons (Fsp3) is 1.00. The van der Waals surface area contributed by atoms with Gasteiger partial charge in [0.15, 0.2) is 0 Å². The average Bonchev–Trinajstić information content (AvgIpc) is 1.95. The average molecular weight is 168 g/mol. The summed E-state index contributed by atoms with van der Waals surface area (Å²) < 4.78 is 0. The van der Waals surface area contributed by atoms with E-state index in [1.807, 2.05) is 0 Å². The van der Waals surface area contributed by atoms with Crippen LogP contribution in [0.1, 0.15) is 59.8 Å². The molecule has 1 saturated carbocycles. The summed E-state index contributed by atoms with van der Waals surface area (Å²) in [6.07, 6.45) is 7.29. The molecule has 0 N–H and O–H groups in total. The monoisotopic (exact) mass is 168 g/mol. The zero-order valence-corrected chi connectivity index (χ0v) is 9.19. The highest BCUT2D eigenvalue weighted by Gasteiger charge is 2.40. The first-order valence-corrected chi connectivity index (χ1v) is 5.62. The van der Waals surface area contributed by atoms with Crippen molar-refractivity contribution in [1.29, 1.82) is 0 Å². The molecule has 0 aliphatic heterocycles. The third-order valence-corrected chi connectivity index (χ3v) is 3.75. The van der Waals surface area contributed by atoms with Crippen LogP contribution in [0.15, 0.2) is 0 Å². The van der Waals surface area contributed by atoms with Crippen LogP contribution in [0.5, 0.6) is 0 Å². The first-order valence-electron chi connectivity index (χ1n) is 5.62. The minimum atomic E-state index is 0.763. The lowest BCUT2D eigenvalue weighted by molar-refractivity contribution is 0.0333. The molecule has 0 radical (unpaired) electrons. The summed E-state index contributed by atoms with van der Waals surface area (Å²) in [5, 5.41) is 0. The fourth-order valence-corrected chi connectivity index (χ4v) is 2.83. The van der Waals surface area contributed by atoms with E-state index in [1.165, 1.54) is 32.1 Å². The van der Waals surface area contributed by atoms with Crippen LogP contribution in [-0.2, 0) is 0 Å². The van der Waals surface area contributed by atoms with E-state index < -0.39 is 0 Å². The summed E-state index contributed by atoms with van der Waals surface area (Å²) in [7, 11) is 0. The molecular formula is C12H24. The van der Waals surface area contributed by atoms with Crippen molar-refractivity contribution >= 4 is 0 Å². The van der Waals surface area contributed by atoms with Gasteiger partial charge in [0.1, 0.15) is 0 Å². The summed E-state index contributed by atoms with van der Waals surface area (Å²) in [4.78, 5) is 0.